The maximum atomic E-state index is 12.9. The van der Waals surface area contributed by atoms with E-state index in [4.69, 9.17) is 10.00 Å². The second kappa shape index (κ2) is 9.99. The average molecular weight is 406 g/mol. The van der Waals surface area contributed by atoms with Crippen LogP contribution in [0.3, 0.4) is 0 Å². The smallest absolute Gasteiger partial charge is 0.339 e. The predicted molar refractivity (Wildman–Crippen MR) is 112 cm³/mol. The van der Waals surface area contributed by atoms with Crippen LogP contribution in [0.4, 0.5) is 0 Å². The van der Waals surface area contributed by atoms with Gasteiger partial charge in [-0.15, -0.1) is 0 Å². The minimum absolute atomic E-state index is 0.117. The third-order valence-electron chi connectivity index (χ3n) is 5.17. The molecule has 0 spiro atoms. The molecule has 1 aromatic carbocycles. The molecule has 0 atom stereocenters. The van der Waals surface area contributed by atoms with E-state index >= 15 is 0 Å². The Morgan fingerprint density at radius 2 is 1.87 bits per heavy atom. The zero-order valence-corrected chi connectivity index (χ0v) is 17.4. The lowest BCUT2D eigenvalue weighted by atomic mass is 10.1. The molecule has 0 bridgehead atoms. The van der Waals surface area contributed by atoms with Crippen LogP contribution >= 0.6 is 0 Å². The molecule has 1 saturated heterocycles. The summed E-state index contributed by atoms with van der Waals surface area (Å²) in [6.45, 7) is 7.51. The third-order valence-corrected chi connectivity index (χ3v) is 5.17. The molecular formula is C23H26N4O3. The highest BCUT2D eigenvalue weighted by atomic mass is 16.5. The number of pyridine rings is 1. The Morgan fingerprint density at radius 1 is 1.10 bits per heavy atom. The molecule has 1 aliphatic rings. The zero-order chi connectivity index (χ0) is 21.5. The van der Waals surface area contributed by atoms with Gasteiger partial charge in [0, 0.05) is 32.7 Å². The molecular weight excluding hydrogens is 380 g/mol. The van der Waals surface area contributed by atoms with Gasteiger partial charge in [-0.25, -0.2) is 9.78 Å². The summed E-state index contributed by atoms with van der Waals surface area (Å²) in [5, 5.41) is 8.92. The van der Waals surface area contributed by atoms with Gasteiger partial charge in [-0.1, -0.05) is 12.1 Å². The van der Waals surface area contributed by atoms with E-state index in [2.05, 4.69) is 16.0 Å². The van der Waals surface area contributed by atoms with Gasteiger partial charge >= 0.3 is 5.97 Å². The molecule has 7 heteroatoms. The first kappa shape index (κ1) is 21.5. The minimum atomic E-state index is -0.422. The first-order valence-electron chi connectivity index (χ1n) is 10.2. The van der Waals surface area contributed by atoms with Gasteiger partial charge in [-0.05, 0) is 50.1 Å². The highest BCUT2D eigenvalue weighted by molar-refractivity contribution is 5.95. The largest absolute Gasteiger partial charge is 0.462 e. The molecule has 1 amide bonds. The number of aromatic nitrogens is 1. The van der Waals surface area contributed by atoms with Gasteiger partial charge < -0.3 is 9.64 Å². The van der Waals surface area contributed by atoms with Crippen LogP contribution in [-0.2, 0) is 11.3 Å². The fraction of sp³-hybridized carbons (Fsp3) is 0.391. The lowest BCUT2D eigenvalue weighted by Gasteiger charge is -2.22. The quantitative estimate of drug-likeness (QED) is 0.710. The first-order valence-corrected chi connectivity index (χ1v) is 10.2. The lowest BCUT2D eigenvalue weighted by molar-refractivity contribution is 0.0524. The summed E-state index contributed by atoms with van der Waals surface area (Å²) in [6.07, 6.45) is 0.877. The van der Waals surface area contributed by atoms with Crippen molar-refractivity contribution in [1.29, 1.82) is 5.26 Å². The summed E-state index contributed by atoms with van der Waals surface area (Å²) in [7, 11) is 0. The fourth-order valence-corrected chi connectivity index (χ4v) is 3.54. The molecule has 2 heterocycles. The van der Waals surface area contributed by atoms with Crippen LogP contribution in [0.25, 0.3) is 0 Å². The van der Waals surface area contributed by atoms with Gasteiger partial charge in [0.25, 0.3) is 5.91 Å². The number of rotatable bonds is 5. The molecule has 1 fully saturated rings. The number of carbonyl (C=O) groups is 2. The van der Waals surface area contributed by atoms with E-state index in [9.17, 15) is 9.59 Å². The molecule has 156 valence electrons. The van der Waals surface area contributed by atoms with Crippen molar-refractivity contribution in [3.05, 3.63) is 64.5 Å². The van der Waals surface area contributed by atoms with Crippen molar-refractivity contribution in [2.45, 2.75) is 26.8 Å². The highest BCUT2D eigenvalue weighted by Crippen LogP contribution is 2.14. The Labute approximate surface area is 176 Å². The standard InChI is InChI=1S/C23H26N4O3/c1-3-30-23(29)20-9-10-21(25-17(20)2)22(28)27-12-4-11-26(13-14-27)16-19-7-5-18(15-24)6-8-19/h5-10H,3-4,11-14,16H2,1-2H3. The maximum absolute atomic E-state index is 12.9. The summed E-state index contributed by atoms with van der Waals surface area (Å²) < 4.78 is 5.02. The number of nitriles is 1. The normalized spacial score (nSPS) is 14.6. The molecule has 0 unspecified atom stereocenters. The van der Waals surface area contributed by atoms with E-state index in [0.717, 1.165) is 31.6 Å². The van der Waals surface area contributed by atoms with Crippen molar-refractivity contribution in [3.8, 4) is 6.07 Å². The summed E-state index contributed by atoms with van der Waals surface area (Å²) in [5.41, 5.74) is 3.04. The molecule has 3 rings (SSSR count). The van der Waals surface area contributed by atoms with Gasteiger partial charge in [0.05, 0.1) is 29.5 Å². The van der Waals surface area contributed by atoms with E-state index in [0.29, 0.717) is 42.2 Å². The van der Waals surface area contributed by atoms with Gasteiger partial charge in [0.15, 0.2) is 0 Å². The number of aryl methyl sites for hydroxylation is 1. The van der Waals surface area contributed by atoms with Crippen molar-refractivity contribution in [2.24, 2.45) is 0 Å². The molecule has 0 radical (unpaired) electrons. The molecule has 0 N–H and O–H groups in total. The zero-order valence-electron chi connectivity index (χ0n) is 17.4. The number of hydrogen-bond donors (Lipinski definition) is 0. The van der Waals surface area contributed by atoms with Crippen LogP contribution in [0.15, 0.2) is 36.4 Å². The number of amides is 1. The van der Waals surface area contributed by atoms with Crippen molar-refractivity contribution >= 4 is 11.9 Å². The fourth-order valence-electron chi connectivity index (χ4n) is 3.54. The van der Waals surface area contributed by atoms with E-state index in [1.165, 1.54) is 0 Å². The van der Waals surface area contributed by atoms with Crippen LogP contribution in [-0.4, -0.2) is 59.4 Å². The number of benzene rings is 1. The van der Waals surface area contributed by atoms with Gasteiger partial charge in [0.2, 0.25) is 0 Å². The van der Waals surface area contributed by atoms with Gasteiger partial charge in [-0.2, -0.15) is 5.26 Å². The van der Waals surface area contributed by atoms with E-state index < -0.39 is 5.97 Å². The summed E-state index contributed by atoms with van der Waals surface area (Å²) in [6, 6.07) is 13.0. The van der Waals surface area contributed by atoms with E-state index in [1.54, 1.807) is 26.0 Å². The average Bonchev–Trinajstić information content (AvgIpc) is 2.99. The van der Waals surface area contributed by atoms with Gasteiger partial charge in [-0.3, -0.25) is 9.69 Å². The molecule has 30 heavy (non-hydrogen) atoms. The van der Waals surface area contributed by atoms with Crippen LogP contribution in [0, 0.1) is 18.3 Å². The summed E-state index contributed by atoms with van der Waals surface area (Å²) in [5.74, 6) is -0.538. The predicted octanol–water partition coefficient (Wildman–Crippen LogP) is 2.79. The topological polar surface area (TPSA) is 86.5 Å². The van der Waals surface area contributed by atoms with E-state index in [1.807, 2.05) is 29.2 Å². The molecule has 1 aromatic heterocycles. The lowest BCUT2D eigenvalue weighted by Crippen LogP contribution is -2.35. The Bertz CT molecular complexity index is 950. The van der Waals surface area contributed by atoms with Crippen LogP contribution in [0.5, 0.6) is 0 Å². The SMILES string of the molecule is CCOC(=O)c1ccc(C(=O)N2CCCN(Cc3ccc(C#N)cc3)CC2)nc1C. The van der Waals surface area contributed by atoms with Crippen molar-refractivity contribution < 1.29 is 14.3 Å². The molecule has 2 aromatic rings. The van der Waals surface area contributed by atoms with Crippen LogP contribution in [0.2, 0.25) is 0 Å². The Kier molecular flexibility index (Phi) is 7.15. The van der Waals surface area contributed by atoms with Crippen molar-refractivity contribution in [1.82, 2.24) is 14.8 Å². The monoisotopic (exact) mass is 406 g/mol. The molecule has 0 aliphatic carbocycles. The van der Waals surface area contributed by atoms with E-state index in [-0.39, 0.29) is 5.91 Å². The summed E-state index contributed by atoms with van der Waals surface area (Å²) in [4.78, 5) is 33.4. The maximum Gasteiger partial charge on any atom is 0.339 e. The highest BCUT2D eigenvalue weighted by Gasteiger charge is 2.22. The van der Waals surface area contributed by atoms with Crippen LogP contribution < -0.4 is 0 Å². The second-order valence-electron chi connectivity index (χ2n) is 7.28. The van der Waals surface area contributed by atoms with Crippen molar-refractivity contribution in [2.75, 3.05) is 32.8 Å². The second-order valence-corrected chi connectivity index (χ2v) is 7.28. The third kappa shape index (κ3) is 5.22. The van der Waals surface area contributed by atoms with Gasteiger partial charge in [0.1, 0.15) is 5.69 Å². The molecule has 7 nitrogen and oxygen atoms in total. The Hall–Kier alpha value is -3.24. The number of esters is 1. The number of ether oxygens (including phenoxy) is 1. The van der Waals surface area contributed by atoms with Crippen LogP contribution in [0.1, 0.15) is 51.0 Å². The Balaban J connectivity index is 1.61. The Morgan fingerprint density at radius 3 is 2.53 bits per heavy atom. The first-order chi connectivity index (χ1) is 14.5. The number of carbonyl (C=O) groups excluding carboxylic acids is 2. The number of hydrogen-bond acceptors (Lipinski definition) is 6. The minimum Gasteiger partial charge on any atom is -0.462 e. The summed E-state index contributed by atoms with van der Waals surface area (Å²) >= 11 is 0. The number of nitrogens with zero attached hydrogens (tertiary/aromatic N) is 4. The molecule has 1 aliphatic heterocycles. The molecule has 0 saturated carbocycles. The van der Waals surface area contributed by atoms with Crippen molar-refractivity contribution in [3.63, 3.8) is 0 Å².